The van der Waals surface area contributed by atoms with Gasteiger partial charge >= 0.3 is 86.2 Å². The third-order valence-corrected chi connectivity index (χ3v) is 5.20. The van der Waals surface area contributed by atoms with Gasteiger partial charge in [-0.15, -0.1) is 0 Å². The summed E-state index contributed by atoms with van der Waals surface area (Å²) in [5, 5.41) is 2.62. The fraction of sp³-hybridized carbons (Fsp3) is 1.00. The summed E-state index contributed by atoms with van der Waals surface area (Å²) in [4.78, 5) is 0. The molecule has 0 amide bonds. The minimum absolute atomic E-state index is 0.599. The van der Waals surface area contributed by atoms with Crippen LogP contribution in [0.15, 0.2) is 0 Å². The first-order valence-electron chi connectivity index (χ1n) is 5.26. The molecule has 2 nitrogen and oxygen atoms in total. The Bertz CT molecular complexity index is 124. The van der Waals surface area contributed by atoms with E-state index < -0.39 is 0 Å². The third-order valence-electron chi connectivity index (χ3n) is 2.66. The molecule has 13 heavy (non-hydrogen) atoms. The zero-order valence-electron chi connectivity index (χ0n) is 8.04. The molecule has 2 aliphatic heterocycles. The van der Waals surface area contributed by atoms with Gasteiger partial charge in [0.25, 0.3) is 0 Å². The summed E-state index contributed by atoms with van der Waals surface area (Å²) >= 11 is 0.754. The molecular formula is C10H18O2Se. The van der Waals surface area contributed by atoms with Gasteiger partial charge in [-0.05, 0) is 0 Å². The first-order valence-corrected chi connectivity index (χ1v) is 7.68. The van der Waals surface area contributed by atoms with Crippen LogP contribution >= 0.6 is 0 Å². The monoisotopic (exact) mass is 250 g/mol. The van der Waals surface area contributed by atoms with Crippen molar-refractivity contribution in [3.63, 3.8) is 0 Å². The minimum atomic E-state index is 0.599. The second-order valence-electron chi connectivity index (χ2n) is 3.81. The van der Waals surface area contributed by atoms with E-state index in [9.17, 15) is 0 Å². The summed E-state index contributed by atoms with van der Waals surface area (Å²) in [6.07, 6.45) is 6.35. The van der Waals surface area contributed by atoms with E-state index >= 15 is 0 Å². The molecule has 2 unspecified atom stereocenters. The van der Waals surface area contributed by atoms with Crippen molar-refractivity contribution in [3.05, 3.63) is 0 Å². The standard InChI is InChI=1S/C10H18O2Se/c1-3-9(11-5-1)7-13-8-10-4-2-6-12-10/h9-10H,1-8H2. The van der Waals surface area contributed by atoms with E-state index in [2.05, 4.69) is 0 Å². The summed E-state index contributed by atoms with van der Waals surface area (Å²) in [5.41, 5.74) is 0. The Morgan fingerprint density at radius 2 is 1.46 bits per heavy atom. The molecule has 2 fully saturated rings. The van der Waals surface area contributed by atoms with Crippen LogP contribution in [0.5, 0.6) is 0 Å². The average molecular weight is 249 g/mol. The molecule has 0 radical (unpaired) electrons. The Balaban J connectivity index is 1.52. The van der Waals surface area contributed by atoms with Gasteiger partial charge in [0.15, 0.2) is 0 Å². The van der Waals surface area contributed by atoms with Crippen LogP contribution in [0.25, 0.3) is 0 Å². The molecule has 0 bridgehead atoms. The van der Waals surface area contributed by atoms with Crippen molar-refractivity contribution in [1.29, 1.82) is 0 Å². The van der Waals surface area contributed by atoms with E-state index in [1.807, 2.05) is 0 Å². The Morgan fingerprint density at radius 1 is 0.923 bits per heavy atom. The number of ether oxygens (including phenoxy) is 2. The molecule has 0 aromatic heterocycles. The van der Waals surface area contributed by atoms with Crippen LogP contribution in [0.2, 0.25) is 10.6 Å². The predicted octanol–water partition coefficient (Wildman–Crippen LogP) is 1.89. The number of hydrogen-bond acceptors (Lipinski definition) is 2. The van der Waals surface area contributed by atoms with Crippen molar-refractivity contribution in [2.45, 2.75) is 48.5 Å². The van der Waals surface area contributed by atoms with E-state index in [4.69, 9.17) is 9.47 Å². The SMILES string of the molecule is C1COC(C[Se]CC2CCCO2)C1. The van der Waals surface area contributed by atoms with Crippen LogP contribution in [-0.2, 0) is 9.47 Å². The Labute approximate surface area is 86.5 Å². The molecule has 2 saturated heterocycles. The van der Waals surface area contributed by atoms with Crippen LogP contribution in [0.3, 0.4) is 0 Å². The molecule has 3 heteroatoms. The van der Waals surface area contributed by atoms with Gasteiger partial charge in [0.2, 0.25) is 0 Å². The molecule has 0 N–H and O–H groups in total. The summed E-state index contributed by atoms with van der Waals surface area (Å²) in [5.74, 6) is 0. The van der Waals surface area contributed by atoms with Crippen LogP contribution in [0.1, 0.15) is 25.7 Å². The number of hydrogen-bond donors (Lipinski definition) is 0. The third kappa shape index (κ3) is 3.25. The van der Waals surface area contributed by atoms with E-state index in [1.165, 1.54) is 36.3 Å². The fourth-order valence-electron chi connectivity index (χ4n) is 1.88. The molecule has 76 valence electrons. The van der Waals surface area contributed by atoms with Gasteiger partial charge in [0, 0.05) is 0 Å². The second-order valence-corrected chi connectivity index (χ2v) is 6.06. The van der Waals surface area contributed by atoms with Gasteiger partial charge in [-0.25, -0.2) is 0 Å². The van der Waals surface area contributed by atoms with E-state index in [0.717, 1.165) is 28.2 Å². The normalized spacial score (nSPS) is 34.2. The Hall–Kier alpha value is 0.439. The van der Waals surface area contributed by atoms with E-state index in [-0.39, 0.29) is 0 Å². The summed E-state index contributed by atoms with van der Waals surface area (Å²) < 4.78 is 11.2. The summed E-state index contributed by atoms with van der Waals surface area (Å²) in [6, 6.07) is 0. The van der Waals surface area contributed by atoms with Crippen molar-refractivity contribution in [2.75, 3.05) is 13.2 Å². The van der Waals surface area contributed by atoms with Gasteiger partial charge in [-0.1, -0.05) is 0 Å². The van der Waals surface area contributed by atoms with Gasteiger partial charge in [0.05, 0.1) is 0 Å². The van der Waals surface area contributed by atoms with Crippen LogP contribution in [0.4, 0.5) is 0 Å². The van der Waals surface area contributed by atoms with Crippen LogP contribution in [0, 0.1) is 0 Å². The summed E-state index contributed by atoms with van der Waals surface area (Å²) in [7, 11) is 0. The molecule has 2 rings (SSSR count). The van der Waals surface area contributed by atoms with Gasteiger partial charge < -0.3 is 0 Å². The molecule has 2 heterocycles. The maximum absolute atomic E-state index is 5.59. The molecule has 0 spiro atoms. The zero-order chi connectivity index (χ0) is 8.93. The maximum atomic E-state index is 5.59. The zero-order valence-corrected chi connectivity index (χ0v) is 9.75. The fourth-order valence-corrected chi connectivity index (χ4v) is 4.37. The molecule has 2 atom stereocenters. The van der Waals surface area contributed by atoms with Crippen molar-refractivity contribution in [1.82, 2.24) is 0 Å². The molecule has 0 aliphatic carbocycles. The second kappa shape index (κ2) is 5.35. The quantitative estimate of drug-likeness (QED) is 0.708. The topological polar surface area (TPSA) is 18.5 Å². The number of rotatable bonds is 4. The van der Waals surface area contributed by atoms with Crippen molar-refractivity contribution in [3.8, 4) is 0 Å². The van der Waals surface area contributed by atoms with Gasteiger partial charge in [-0.2, -0.15) is 0 Å². The van der Waals surface area contributed by atoms with Crippen LogP contribution in [-0.4, -0.2) is 40.4 Å². The average Bonchev–Trinajstić information content (AvgIpc) is 2.75. The molecule has 2 aliphatic rings. The molecule has 0 aromatic rings. The Morgan fingerprint density at radius 3 is 1.85 bits per heavy atom. The molecular weight excluding hydrogens is 231 g/mol. The van der Waals surface area contributed by atoms with Crippen LogP contribution < -0.4 is 0 Å². The van der Waals surface area contributed by atoms with Crippen molar-refractivity contribution >= 4 is 15.0 Å². The van der Waals surface area contributed by atoms with Gasteiger partial charge in [0.1, 0.15) is 0 Å². The van der Waals surface area contributed by atoms with Crippen molar-refractivity contribution in [2.24, 2.45) is 0 Å². The summed E-state index contributed by atoms with van der Waals surface area (Å²) in [6.45, 7) is 2.00. The molecule has 0 saturated carbocycles. The van der Waals surface area contributed by atoms with E-state index in [0.29, 0.717) is 12.2 Å². The van der Waals surface area contributed by atoms with E-state index in [1.54, 1.807) is 0 Å². The van der Waals surface area contributed by atoms with Gasteiger partial charge in [-0.3, -0.25) is 0 Å². The first kappa shape index (κ1) is 9.97. The van der Waals surface area contributed by atoms with Crippen molar-refractivity contribution < 1.29 is 9.47 Å². The Kier molecular flexibility index (Phi) is 4.11. The predicted molar refractivity (Wildman–Crippen MR) is 53.3 cm³/mol. The first-order chi connectivity index (χ1) is 6.45. The molecule has 0 aromatic carbocycles.